The van der Waals surface area contributed by atoms with Crippen molar-refractivity contribution in [3.8, 4) is 0 Å². The van der Waals surface area contributed by atoms with Crippen LogP contribution in [0.1, 0.15) is 24.4 Å². The molecule has 112 valence electrons. The minimum atomic E-state index is -0.294. The lowest BCUT2D eigenvalue weighted by Gasteiger charge is -2.24. The average molecular weight is 290 g/mol. The van der Waals surface area contributed by atoms with Gasteiger partial charge in [-0.3, -0.25) is 4.79 Å². The van der Waals surface area contributed by atoms with Gasteiger partial charge in [-0.05, 0) is 13.0 Å². The monoisotopic (exact) mass is 290 g/mol. The molecule has 2 aromatic heterocycles. The lowest BCUT2D eigenvalue weighted by Crippen LogP contribution is -2.34. The van der Waals surface area contributed by atoms with Gasteiger partial charge in [0.2, 0.25) is 0 Å². The molecule has 1 unspecified atom stereocenters. The first-order valence-corrected chi connectivity index (χ1v) is 7.08. The highest BCUT2D eigenvalue weighted by molar-refractivity contribution is 5.77. The van der Waals surface area contributed by atoms with E-state index in [1.165, 1.54) is 0 Å². The van der Waals surface area contributed by atoms with Crippen LogP contribution >= 0.6 is 0 Å². The zero-order valence-corrected chi connectivity index (χ0v) is 11.9. The number of ether oxygens (including phenoxy) is 2. The summed E-state index contributed by atoms with van der Waals surface area (Å²) in [5.74, 6) is 0.275. The second-order valence-corrected chi connectivity index (χ2v) is 4.85. The number of carbonyl (C=O) groups is 1. The molecule has 0 spiro atoms. The lowest BCUT2D eigenvalue weighted by molar-refractivity contribution is -0.142. The molecule has 1 fully saturated rings. The van der Waals surface area contributed by atoms with Gasteiger partial charge in [-0.1, -0.05) is 0 Å². The van der Waals surface area contributed by atoms with Crippen LogP contribution in [0.25, 0.3) is 11.2 Å². The number of carbonyl (C=O) groups excluding carboxylic acids is 1. The third-order valence-corrected chi connectivity index (χ3v) is 3.39. The number of aromatic amines is 1. The first-order chi connectivity index (χ1) is 10.3. The SMILES string of the molecule is CCOC(=O)Cc1nc2nccc(C3COCCN3)c2[nH]1. The largest absolute Gasteiger partial charge is 0.466 e. The van der Waals surface area contributed by atoms with Crippen LogP contribution in [0.3, 0.4) is 0 Å². The molecule has 7 nitrogen and oxygen atoms in total. The molecule has 0 bridgehead atoms. The first-order valence-electron chi connectivity index (χ1n) is 7.08. The van der Waals surface area contributed by atoms with E-state index in [0.29, 0.717) is 24.7 Å². The lowest BCUT2D eigenvalue weighted by atomic mass is 10.1. The molecule has 2 N–H and O–H groups in total. The van der Waals surface area contributed by atoms with Gasteiger partial charge in [0.15, 0.2) is 5.65 Å². The van der Waals surface area contributed by atoms with Gasteiger partial charge >= 0.3 is 5.97 Å². The molecule has 1 aliphatic rings. The van der Waals surface area contributed by atoms with Crippen LogP contribution in [-0.2, 0) is 20.7 Å². The fourth-order valence-corrected chi connectivity index (χ4v) is 2.47. The number of fused-ring (bicyclic) bond motifs is 1. The number of imidazole rings is 1. The molecule has 21 heavy (non-hydrogen) atoms. The average Bonchev–Trinajstić information content (AvgIpc) is 2.90. The molecule has 0 aliphatic carbocycles. The number of esters is 1. The number of hydrogen-bond acceptors (Lipinski definition) is 6. The van der Waals surface area contributed by atoms with Crippen LogP contribution in [0, 0.1) is 0 Å². The topological polar surface area (TPSA) is 89.1 Å². The normalized spacial score (nSPS) is 18.8. The summed E-state index contributed by atoms with van der Waals surface area (Å²) in [7, 11) is 0. The number of pyridine rings is 1. The van der Waals surface area contributed by atoms with Crippen molar-refractivity contribution in [2.24, 2.45) is 0 Å². The second kappa shape index (κ2) is 6.19. The van der Waals surface area contributed by atoms with Crippen LogP contribution < -0.4 is 5.32 Å². The Morgan fingerprint density at radius 1 is 1.57 bits per heavy atom. The van der Waals surface area contributed by atoms with Crippen molar-refractivity contribution in [1.29, 1.82) is 0 Å². The van der Waals surface area contributed by atoms with Gasteiger partial charge in [-0.25, -0.2) is 9.97 Å². The van der Waals surface area contributed by atoms with Crippen molar-refractivity contribution in [1.82, 2.24) is 20.3 Å². The van der Waals surface area contributed by atoms with Crippen LogP contribution in [0.15, 0.2) is 12.3 Å². The quantitative estimate of drug-likeness (QED) is 0.807. The number of rotatable bonds is 4. The third kappa shape index (κ3) is 3.03. The van der Waals surface area contributed by atoms with Crippen molar-refractivity contribution in [3.05, 3.63) is 23.7 Å². The summed E-state index contributed by atoms with van der Waals surface area (Å²) in [5, 5.41) is 3.41. The summed E-state index contributed by atoms with van der Waals surface area (Å²) in [4.78, 5) is 23.3. The summed E-state index contributed by atoms with van der Waals surface area (Å²) >= 11 is 0. The predicted octanol–water partition coefficient (Wildman–Crippen LogP) is 0.724. The Morgan fingerprint density at radius 2 is 2.48 bits per heavy atom. The van der Waals surface area contributed by atoms with Gasteiger partial charge in [0.25, 0.3) is 0 Å². The number of nitrogens with zero attached hydrogens (tertiary/aromatic N) is 2. The number of morpholine rings is 1. The first kappa shape index (κ1) is 14.0. The Bertz CT molecular complexity index is 634. The minimum absolute atomic E-state index is 0.111. The van der Waals surface area contributed by atoms with Gasteiger partial charge in [-0.15, -0.1) is 0 Å². The summed E-state index contributed by atoms with van der Waals surface area (Å²) in [5.41, 5.74) is 2.52. The van der Waals surface area contributed by atoms with Crippen LogP contribution in [0.2, 0.25) is 0 Å². The highest BCUT2D eigenvalue weighted by Gasteiger charge is 2.20. The Hall–Kier alpha value is -1.99. The van der Waals surface area contributed by atoms with E-state index in [2.05, 4.69) is 20.3 Å². The highest BCUT2D eigenvalue weighted by atomic mass is 16.5. The molecule has 2 aromatic rings. The number of H-pyrrole nitrogens is 1. The summed E-state index contributed by atoms with van der Waals surface area (Å²) in [6.07, 6.45) is 1.85. The Balaban J connectivity index is 1.88. The molecule has 0 radical (unpaired) electrons. The maximum atomic E-state index is 11.5. The van der Waals surface area contributed by atoms with E-state index >= 15 is 0 Å². The molecule has 0 saturated carbocycles. The van der Waals surface area contributed by atoms with E-state index in [0.717, 1.165) is 24.2 Å². The molecule has 0 amide bonds. The van der Waals surface area contributed by atoms with E-state index in [9.17, 15) is 4.79 Å². The third-order valence-electron chi connectivity index (χ3n) is 3.39. The van der Waals surface area contributed by atoms with Gasteiger partial charge in [0, 0.05) is 18.3 Å². The van der Waals surface area contributed by atoms with Crippen LogP contribution in [0.4, 0.5) is 0 Å². The van der Waals surface area contributed by atoms with Crippen LogP contribution in [0.5, 0.6) is 0 Å². The van der Waals surface area contributed by atoms with E-state index in [-0.39, 0.29) is 18.4 Å². The minimum Gasteiger partial charge on any atom is -0.466 e. The summed E-state index contributed by atoms with van der Waals surface area (Å²) in [6.45, 7) is 4.31. The van der Waals surface area contributed by atoms with Gasteiger partial charge in [0.05, 0.1) is 31.4 Å². The zero-order chi connectivity index (χ0) is 14.7. The Morgan fingerprint density at radius 3 is 3.24 bits per heavy atom. The number of hydrogen-bond donors (Lipinski definition) is 2. The maximum Gasteiger partial charge on any atom is 0.313 e. The van der Waals surface area contributed by atoms with Crippen molar-refractivity contribution in [3.63, 3.8) is 0 Å². The van der Waals surface area contributed by atoms with E-state index in [1.54, 1.807) is 13.1 Å². The number of aromatic nitrogens is 3. The predicted molar refractivity (Wildman–Crippen MR) is 75.8 cm³/mol. The molecular formula is C14H18N4O3. The van der Waals surface area contributed by atoms with Crippen molar-refractivity contribution >= 4 is 17.1 Å². The fourth-order valence-electron chi connectivity index (χ4n) is 2.47. The van der Waals surface area contributed by atoms with E-state index < -0.39 is 0 Å². The fraction of sp³-hybridized carbons (Fsp3) is 0.500. The molecule has 0 aromatic carbocycles. The summed E-state index contributed by atoms with van der Waals surface area (Å²) < 4.78 is 10.4. The molecule has 7 heteroatoms. The second-order valence-electron chi connectivity index (χ2n) is 4.85. The summed E-state index contributed by atoms with van der Waals surface area (Å²) in [6, 6.07) is 2.06. The molecule has 1 saturated heterocycles. The van der Waals surface area contributed by atoms with Crippen molar-refractivity contribution < 1.29 is 14.3 Å². The highest BCUT2D eigenvalue weighted by Crippen LogP contribution is 2.23. The molecule has 3 heterocycles. The molecular weight excluding hydrogens is 272 g/mol. The molecule has 1 atom stereocenters. The van der Waals surface area contributed by atoms with E-state index in [1.807, 2.05) is 6.07 Å². The zero-order valence-electron chi connectivity index (χ0n) is 11.9. The Labute approximate surface area is 122 Å². The standard InChI is InChI=1S/C14H18N4O3/c1-2-21-12(19)7-11-17-13-9(3-4-16-14(13)18-11)10-8-20-6-5-15-10/h3-4,10,15H,2,5-8H2,1H3,(H,16,17,18). The molecule has 1 aliphatic heterocycles. The Kier molecular flexibility index (Phi) is 4.12. The van der Waals surface area contributed by atoms with Crippen LogP contribution in [-0.4, -0.2) is 47.3 Å². The van der Waals surface area contributed by atoms with Crippen molar-refractivity contribution in [2.45, 2.75) is 19.4 Å². The molecule has 3 rings (SSSR count). The number of nitrogens with one attached hydrogen (secondary N) is 2. The van der Waals surface area contributed by atoms with Crippen molar-refractivity contribution in [2.75, 3.05) is 26.4 Å². The van der Waals surface area contributed by atoms with E-state index in [4.69, 9.17) is 9.47 Å². The smallest absolute Gasteiger partial charge is 0.313 e. The van der Waals surface area contributed by atoms with Gasteiger partial charge < -0.3 is 19.8 Å². The van der Waals surface area contributed by atoms with Gasteiger partial charge in [0.1, 0.15) is 12.2 Å². The maximum absolute atomic E-state index is 11.5. The van der Waals surface area contributed by atoms with Gasteiger partial charge in [-0.2, -0.15) is 0 Å².